The maximum absolute atomic E-state index is 13.7. The van der Waals surface area contributed by atoms with Crippen molar-refractivity contribution in [1.82, 2.24) is 24.2 Å². The van der Waals surface area contributed by atoms with Crippen LogP contribution in [0.1, 0.15) is 43.9 Å². The molecule has 0 aromatic carbocycles. The average molecular weight is 570 g/mol. The van der Waals surface area contributed by atoms with Crippen molar-refractivity contribution in [1.29, 1.82) is 0 Å². The Bertz CT molecular complexity index is 1510. The number of H-pyrrole nitrogens is 2. The van der Waals surface area contributed by atoms with Gasteiger partial charge in [0.1, 0.15) is 12.3 Å². The first-order valence-electron chi connectivity index (χ1n) is 12.3. The van der Waals surface area contributed by atoms with E-state index < -0.39 is 73.7 Å². The number of ether oxygens (including phenoxy) is 2. The summed E-state index contributed by atoms with van der Waals surface area (Å²) in [5.74, 6) is 0. The fourth-order valence-electron chi connectivity index (χ4n) is 4.27. The molecule has 4 rings (SSSR count). The van der Waals surface area contributed by atoms with Crippen LogP contribution in [0, 0.1) is 13.8 Å². The lowest BCUT2D eigenvalue weighted by Crippen LogP contribution is -2.38. The minimum Gasteiger partial charge on any atom is -0.394 e. The molecule has 0 saturated carbocycles. The number of hydrogen-bond donors (Lipinski definition) is 4. The molecule has 39 heavy (non-hydrogen) atoms. The monoisotopic (exact) mass is 569 g/mol. The fraction of sp³-hybridized carbons (Fsp3) is 0.565. The quantitative estimate of drug-likeness (QED) is 0.221. The van der Waals surface area contributed by atoms with Crippen molar-refractivity contribution in [2.75, 3.05) is 13.2 Å². The third-order valence-corrected chi connectivity index (χ3v) is 8.02. The summed E-state index contributed by atoms with van der Waals surface area (Å²) in [5.41, 5.74) is -1.69. The van der Waals surface area contributed by atoms with Gasteiger partial charge in [0.15, 0.2) is 6.23 Å². The molecule has 1 fully saturated rings. The van der Waals surface area contributed by atoms with E-state index in [2.05, 4.69) is 15.1 Å². The Morgan fingerprint density at radius 1 is 1.05 bits per heavy atom. The first-order valence-corrected chi connectivity index (χ1v) is 13.9. The predicted molar refractivity (Wildman–Crippen MR) is 137 cm³/mol. The van der Waals surface area contributed by atoms with Gasteiger partial charge in [0.25, 0.3) is 11.1 Å². The molecule has 15 nitrogen and oxygen atoms in total. The van der Waals surface area contributed by atoms with Crippen molar-refractivity contribution in [3.8, 4) is 0 Å². The summed E-state index contributed by atoms with van der Waals surface area (Å²) >= 11 is 0. The molecule has 2 aliphatic rings. The molecule has 214 valence electrons. The molecule has 0 bridgehead atoms. The smallest absolute Gasteiger partial charge is 0.394 e. The highest BCUT2D eigenvalue weighted by molar-refractivity contribution is 7.51. The number of rotatable bonds is 10. The average Bonchev–Trinajstić information content (AvgIpc) is 3.49. The van der Waals surface area contributed by atoms with Gasteiger partial charge >= 0.3 is 19.1 Å². The van der Waals surface area contributed by atoms with Gasteiger partial charge in [0.05, 0.1) is 31.5 Å². The molecule has 2 aliphatic heterocycles. The molecule has 2 aromatic heterocycles. The Labute approximate surface area is 222 Å². The number of aliphatic hydroxyl groups is 1. The largest absolute Gasteiger partial charge is 0.406 e. The van der Waals surface area contributed by atoms with E-state index in [1.807, 2.05) is 0 Å². The maximum atomic E-state index is 13.7. The van der Waals surface area contributed by atoms with Crippen LogP contribution in [0.2, 0.25) is 0 Å². The normalized spacial score (nSPS) is 26.4. The van der Waals surface area contributed by atoms with E-state index in [0.717, 1.165) is 0 Å². The second-order valence-corrected chi connectivity index (χ2v) is 11.4. The van der Waals surface area contributed by atoms with Crippen molar-refractivity contribution in [2.24, 2.45) is 0 Å². The molecule has 4 N–H and O–H groups in total. The lowest BCUT2D eigenvalue weighted by atomic mass is 10.1. The van der Waals surface area contributed by atoms with Crippen LogP contribution in [-0.2, 0) is 23.1 Å². The molecule has 16 heteroatoms. The van der Waals surface area contributed by atoms with Gasteiger partial charge in [-0.15, -0.1) is 0 Å². The van der Waals surface area contributed by atoms with Gasteiger partial charge in [-0.3, -0.25) is 37.7 Å². The summed E-state index contributed by atoms with van der Waals surface area (Å²) in [6, 6.07) is -0.737. The van der Waals surface area contributed by atoms with Crippen LogP contribution in [0.5, 0.6) is 0 Å². The van der Waals surface area contributed by atoms with Crippen molar-refractivity contribution in [3.05, 3.63) is 77.3 Å². The number of aromatic amines is 2. The second-order valence-electron chi connectivity index (χ2n) is 9.64. The van der Waals surface area contributed by atoms with Crippen molar-refractivity contribution >= 4 is 7.75 Å². The molecule has 2 aromatic rings. The lowest BCUT2D eigenvalue weighted by Gasteiger charge is -2.27. The van der Waals surface area contributed by atoms with Crippen LogP contribution in [0.15, 0.2) is 43.7 Å². The molecule has 0 aliphatic carbocycles. The standard InChI is InChI=1S/C23H32N5O10P/c1-12(2)38-39(34,35-11-15-5-6-18(36-15)27-8-13(3)20(30)24-22(27)32)26-16-7-19(37-17(16)10-29)28-9-14(4)21(31)25-23(28)33/h5-6,8-9,12,15-19,29H,7,10-11H2,1-4H3,(H,26,34)(H,24,30,32)(H,25,31,33)/t15-,16-,17+,18+,19+,39?/m0/s1. The number of aryl methyl sites for hydroxylation is 2. The summed E-state index contributed by atoms with van der Waals surface area (Å²) in [6.45, 7) is 5.79. The number of hydrogen-bond acceptors (Lipinski definition) is 10. The van der Waals surface area contributed by atoms with E-state index in [1.165, 1.54) is 21.5 Å². The zero-order valence-electron chi connectivity index (χ0n) is 21.9. The van der Waals surface area contributed by atoms with Crippen LogP contribution in [0.25, 0.3) is 0 Å². The van der Waals surface area contributed by atoms with Gasteiger partial charge in [0, 0.05) is 29.9 Å². The van der Waals surface area contributed by atoms with E-state index in [4.69, 9.17) is 18.5 Å². The van der Waals surface area contributed by atoms with E-state index in [0.29, 0.717) is 11.1 Å². The first kappa shape index (κ1) is 29.1. The minimum atomic E-state index is -4.01. The molecule has 4 heterocycles. The number of nitrogens with zero attached hydrogens (tertiary/aromatic N) is 2. The molecule has 1 unspecified atom stereocenters. The Kier molecular flexibility index (Phi) is 8.71. The highest BCUT2D eigenvalue weighted by Crippen LogP contribution is 2.48. The van der Waals surface area contributed by atoms with Crippen LogP contribution >= 0.6 is 7.75 Å². The summed E-state index contributed by atoms with van der Waals surface area (Å²) in [6.07, 6.45) is 2.39. The Balaban J connectivity index is 1.45. The molecule has 1 saturated heterocycles. The van der Waals surface area contributed by atoms with E-state index in [1.54, 1.807) is 39.8 Å². The van der Waals surface area contributed by atoms with E-state index >= 15 is 0 Å². The molecule has 0 radical (unpaired) electrons. The van der Waals surface area contributed by atoms with Gasteiger partial charge in [-0.1, -0.05) is 6.08 Å². The Morgan fingerprint density at radius 2 is 1.67 bits per heavy atom. The highest BCUT2D eigenvalue weighted by Gasteiger charge is 2.42. The molecule has 0 amide bonds. The van der Waals surface area contributed by atoms with Crippen LogP contribution in [0.3, 0.4) is 0 Å². The lowest BCUT2D eigenvalue weighted by molar-refractivity contribution is -0.0291. The summed E-state index contributed by atoms with van der Waals surface area (Å²) in [4.78, 5) is 52.3. The van der Waals surface area contributed by atoms with Crippen LogP contribution in [0.4, 0.5) is 0 Å². The Morgan fingerprint density at radius 3 is 2.28 bits per heavy atom. The van der Waals surface area contributed by atoms with E-state index in [-0.39, 0.29) is 13.0 Å². The van der Waals surface area contributed by atoms with E-state index in [9.17, 15) is 28.8 Å². The molecule has 0 spiro atoms. The topological polar surface area (TPSA) is 196 Å². The first-order chi connectivity index (χ1) is 18.4. The Hall–Kier alpha value is -2.91. The third-order valence-electron chi connectivity index (χ3n) is 6.18. The van der Waals surface area contributed by atoms with Crippen molar-refractivity contribution in [2.45, 2.75) is 70.9 Å². The number of aliphatic hydroxyl groups excluding tert-OH is 1. The zero-order chi connectivity index (χ0) is 28.5. The van der Waals surface area contributed by atoms with Crippen LogP contribution < -0.4 is 27.6 Å². The number of nitrogens with one attached hydrogen (secondary N) is 3. The molecule has 6 atom stereocenters. The predicted octanol–water partition coefficient (Wildman–Crippen LogP) is -0.0551. The summed E-state index contributed by atoms with van der Waals surface area (Å²) in [5, 5.41) is 12.7. The second kappa shape index (κ2) is 11.7. The van der Waals surface area contributed by atoms with Gasteiger partial charge in [-0.25, -0.2) is 19.2 Å². The number of aromatic nitrogens is 4. The third kappa shape index (κ3) is 6.64. The van der Waals surface area contributed by atoms with Crippen LogP contribution in [-0.4, -0.2) is 61.8 Å². The highest BCUT2D eigenvalue weighted by atomic mass is 31.2. The maximum Gasteiger partial charge on any atom is 0.406 e. The van der Waals surface area contributed by atoms with Crippen molar-refractivity contribution in [3.63, 3.8) is 0 Å². The SMILES string of the molecule is Cc1cn([C@H]2C=C[C@@H](COP(=O)(N[C@H]3C[C@H](n4cc(C)c(=O)[nH]c4=O)O[C@@H]3CO)OC(C)C)O2)c(=O)[nH]c1=O. The van der Waals surface area contributed by atoms with Gasteiger partial charge in [-0.2, -0.15) is 0 Å². The fourth-order valence-corrected chi connectivity index (χ4v) is 6.05. The van der Waals surface area contributed by atoms with Gasteiger partial charge < -0.3 is 14.6 Å². The van der Waals surface area contributed by atoms with Gasteiger partial charge in [0.2, 0.25) is 0 Å². The zero-order valence-corrected chi connectivity index (χ0v) is 22.8. The minimum absolute atomic E-state index is 0.113. The summed E-state index contributed by atoms with van der Waals surface area (Å²) < 4.78 is 39.0. The molecular formula is C23H32N5O10P. The molecular weight excluding hydrogens is 537 g/mol. The summed E-state index contributed by atoms with van der Waals surface area (Å²) in [7, 11) is -4.01. The van der Waals surface area contributed by atoms with Gasteiger partial charge in [-0.05, 0) is 33.8 Å². The van der Waals surface area contributed by atoms with Crippen molar-refractivity contribution < 1.29 is 28.2 Å².